The van der Waals surface area contributed by atoms with Crippen molar-refractivity contribution < 1.29 is 8.83 Å². The van der Waals surface area contributed by atoms with E-state index in [0.717, 1.165) is 99.2 Å². The zero-order valence-electron chi connectivity index (χ0n) is 30.4. The van der Waals surface area contributed by atoms with Crippen LogP contribution in [-0.2, 0) is 0 Å². The van der Waals surface area contributed by atoms with E-state index in [0.29, 0.717) is 17.5 Å². The third-order valence-electron chi connectivity index (χ3n) is 11.0. The van der Waals surface area contributed by atoms with Gasteiger partial charge in [0.2, 0.25) is 0 Å². The molecule has 0 saturated heterocycles. The molecule has 0 amide bonds. The Morgan fingerprint density at radius 3 is 1.60 bits per heavy atom. The Balaban J connectivity index is 1.12. The molecular weight excluding hydrogens is 701 g/mol. The first-order valence-corrected chi connectivity index (χ1v) is 19.0. The van der Waals surface area contributed by atoms with Gasteiger partial charge in [-0.05, 0) is 54.1 Å². The Labute approximate surface area is 325 Å². The third kappa shape index (κ3) is 5.01. The topological polar surface area (TPSA) is 69.9 Å². The number of para-hydroxylation sites is 3. The lowest BCUT2D eigenvalue weighted by molar-refractivity contribution is 0.668. The third-order valence-corrected chi connectivity index (χ3v) is 11.0. The van der Waals surface area contributed by atoms with Gasteiger partial charge in [-0.15, -0.1) is 0 Å². The largest absolute Gasteiger partial charge is 0.456 e. The van der Waals surface area contributed by atoms with Crippen LogP contribution in [-0.4, -0.2) is 19.5 Å². The van der Waals surface area contributed by atoms with E-state index in [2.05, 4.69) is 102 Å². The standard InChI is InChI=1S/C51H30N4O2/c1-3-13-31(14-4-1)49-52-50(32-15-5-2-6-16-32)54-51(53-49)34-23-25-37-36-17-7-10-20-43(36)55(44(37)28-34)35-29-40(48-42(30-35)39-19-9-12-22-46(39)57-48)33-24-26-47-41(27-33)38-18-8-11-21-45(38)56-47/h1-30H. The normalized spacial score (nSPS) is 11.9. The molecule has 12 aromatic rings. The van der Waals surface area contributed by atoms with Gasteiger partial charge in [0.15, 0.2) is 17.5 Å². The Bertz CT molecular complexity index is 3470. The highest BCUT2D eigenvalue weighted by molar-refractivity contribution is 6.14. The Kier molecular flexibility index (Phi) is 6.83. The zero-order valence-corrected chi connectivity index (χ0v) is 30.4. The first-order valence-electron chi connectivity index (χ1n) is 19.0. The summed E-state index contributed by atoms with van der Waals surface area (Å²) in [6.07, 6.45) is 0. The molecule has 0 aliphatic rings. The molecule has 6 nitrogen and oxygen atoms in total. The van der Waals surface area contributed by atoms with Crippen LogP contribution in [0.4, 0.5) is 0 Å². The van der Waals surface area contributed by atoms with Crippen LogP contribution in [0.5, 0.6) is 0 Å². The SMILES string of the molecule is c1ccc(-c2nc(-c3ccccc3)nc(-c3ccc4c5ccccc5n(-c5cc(-c6ccc7oc8ccccc8c7c6)c6oc7ccccc7c6c5)c4c3)n2)cc1. The molecule has 266 valence electrons. The van der Waals surface area contributed by atoms with Gasteiger partial charge in [-0.25, -0.2) is 15.0 Å². The summed E-state index contributed by atoms with van der Waals surface area (Å²) in [7, 11) is 0. The van der Waals surface area contributed by atoms with E-state index in [1.165, 1.54) is 0 Å². The van der Waals surface area contributed by atoms with E-state index in [1.807, 2.05) is 84.9 Å². The molecule has 0 saturated carbocycles. The molecule has 0 spiro atoms. The Hall–Kier alpha value is -7.83. The Morgan fingerprint density at radius 1 is 0.333 bits per heavy atom. The fourth-order valence-corrected chi connectivity index (χ4v) is 8.37. The van der Waals surface area contributed by atoms with Crippen molar-refractivity contribution in [1.29, 1.82) is 0 Å². The van der Waals surface area contributed by atoms with Crippen LogP contribution in [0.25, 0.3) is 117 Å². The number of nitrogens with zero attached hydrogens (tertiary/aromatic N) is 4. The van der Waals surface area contributed by atoms with Crippen LogP contribution in [0.1, 0.15) is 0 Å². The van der Waals surface area contributed by atoms with Crippen LogP contribution in [0.15, 0.2) is 191 Å². The second-order valence-electron chi connectivity index (χ2n) is 14.4. The maximum atomic E-state index is 6.68. The molecular formula is C51H30N4O2. The zero-order chi connectivity index (χ0) is 37.5. The molecule has 0 aliphatic heterocycles. The van der Waals surface area contributed by atoms with Gasteiger partial charge >= 0.3 is 0 Å². The van der Waals surface area contributed by atoms with Crippen LogP contribution < -0.4 is 0 Å². The van der Waals surface area contributed by atoms with Gasteiger partial charge in [-0.1, -0.05) is 133 Å². The number of furan rings is 2. The lowest BCUT2D eigenvalue weighted by Crippen LogP contribution is -2.00. The highest BCUT2D eigenvalue weighted by Gasteiger charge is 2.21. The number of rotatable bonds is 5. The van der Waals surface area contributed by atoms with Gasteiger partial charge in [0.25, 0.3) is 0 Å². The van der Waals surface area contributed by atoms with Crippen LogP contribution in [0.2, 0.25) is 0 Å². The van der Waals surface area contributed by atoms with Crippen molar-refractivity contribution in [3.05, 3.63) is 182 Å². The summed E-state index contributed by atoms with van der Waals surface area (Å²) in [5, 5.41) is 6.58. The van der Waals surface area contributed by atoms with E-state index in [4.69, 9.17) is 23.8 Å². The quantitative estimate of drug-likeness (QED) is 0.176. The fourth-order valence-electron chi connectivity index (χ4n) is 8.37. The maximum absolute atomic E-state index is 6.68. The molecule has 4 aromatic heterocycles. The predicted molar refractivity (Wildman–Crippen MR) is 230 cm³/mol. The molecule has 0 aliphatic carbocycles. The highest BCUT2D eigenvalue weighted by atomic mass is 16.3. The summed E-state index contributed by atoms with van der Waals surface area (Å²) in [6.45, 7) is 0. The molecule has 0 bridgehead atoms. The average molecular weight is 731 g/mol. The van der Waals surface area contributed by atoms with Crippen molar-refractivity contribution in [2.24, 2.45) is 0 Å². The number of hydrogen-bond donors (Lipinski definition) is 0. The predicted octanol–water partition coefficient (Wildman–Crippen LogP) is 13.4. The van der Waals surface area contributed by atoms with Gasteiger partial charge in [0.1, 0.15) is 22.3 Å². The second-order valence-corrected chi connectivity index (χ2v) is 14.4. The minimum absolute atomic E-state index is 0.610. The molecule has 4 heterocycles. The van der Waals surface area contributed by atoms with E-state index < -0.39 is 0 Å². The van der Waals surface area contributed by atoms with Crippen molar-refractivity contribution >= 4 is 65.7 Å². The smallest absolute Gasteiger partial charge is 0.164 e. The molecule has 12 rings (SSSR count). The van der Waals surface area contributed by atoms with Gasteiger partial charge in [-0.3, -0.25) is 0 Å². The first kappa shape index (κ1) is 31.5. The highest BCUT2D eigenvalue weighted by Crippen LogP contribution is 2.42. The van der Waals surface area contributed by atoms with Crippen molar-refractivity contribution in [3.8, 4) is 51.0 Å². The summed E-state index contributed by atoms with van der Waals surface area (Å²) in [5.41, 5.74) is 11.4. The van der Waals surface area contributed by atoms with Crippen molar-refractivity contribution in [2.45, 2.75) is 0 Å². The lowest BCUT2D eigenvalue weighted by atomic mass is 9.99. The molecule has 0 fully saturated rings. The molecule has 0 radical (unpaired) electrons. The second kappa shape index (κ2) is 12.3. The van der Waals surface area contributed by atoms with Gasteiger partial charge in [0, 0.05) is 60.3 Å². The van der Waals surface area contributed by atoms with Crippen molar-refractivity contribution in [2.75, 3.05) is 0 Å². The summed E-state index contributed by atoms with van der Waals surface area (Å²) >= 11 is 0. The van der Waals surface area contributed by atoms with Crippen LogP contribution in [0, 0.1) is 0 Å². The van der Waals surface area contributed by atoms with E-state index in [1.54, 1.807) is 0 Å². The molecule has 0 N–H and O–H groups in total. The van der Waals surface area contributed by atoms with E-state index >= 15 is 0 Å². The average Bonchev–Trinajstić information content (AvgIpc) is 3.95. The summed E-state index contributed by atoms with van der Waals surface area (Å²) < 4.78 is 15.3. The van der Waals surface area contributed by atoms with E-state index in [-0.39, 0.29) is 0 Å². The molecule has 0 atom stereocenters. The Morgan fingerprint density at radius 2 is 0.877 bits per heavy atom. The first-order chi connectivity index (χ1) is 28.2. The van der Waals surface area contributed by atoms with Gasteiger partial charge < -0.3 is 13.4 Å². The monoisotopic (exact) mass is 730 g/mol. The fraction of sp³-hybridized carbons (Fsp3) is 0. The summed E-state index contributed by atoms with van der Waals surface area (Å²) in [4.78, 5) is 15.1. The molecule has 57 heavy (non-hydrogen) atoms. The van der Waals surface area contributed by atoms with Crippen molar-refractivity contribution in [1.82, 2.24) is 19.5 Å². The summed E-state index contributed by atoms with van der Waals surface area (Å²) in [6, 6.07) is 62.8. The van der Waals surface area contributed by atoms with Gasteiger partial charge in [0.05, 0.1) is 11.0 Å². The maximum Gasteiger partial charge on any atom is 0.164 e. The number of aromatic nitrogens is 4. The van der Waals surface area contributed by atoms with Crippen LogP contribution in [0.3, 0.4) is 0 Å². The van der Waals surface area contributed by atoms with Crippen LogP contribution >= 0.6 is 0 Å². The number of benzene rings is 8. The van der Waals surface area contributed by atoms with Gasteiger partial charge in [-0.2, -0.15) is 0 Å². The molecule has 8 aromatic carbocycles. The summed E-state index contributed by atoms with van der Waals surface area (Å²) in [5.74, 6) is 1.87. The number of fused-ring (bicyclic) bond motifs is 9. The minimum Gasteiger partial charge on any atom is -0.456 e. The molecule has 0 unspecified atom stereocenters. The number of hydrogen-bond acceptors (Lipinski definition) is 5. The minimum atomic E-state index is 0.610. The molecule has 6 heteroatoms. The van der Waals surface area contributed by atoms with E-state index in [9.17, 15) is 0 Å². The van der Waals surface area contributed by atoms with Crippen molar-refractivity contribution in [3.63, 3.8) is 0 Å². The lowest BCUT2D eigenvalue weighted by Gasteiger charge is -2.13.